The Morgan fingerprint density at radius 2 is 1.86 bits per heavy atom. The predicted octanol–water partition coefficient (Wildman–Crippen LogP) is 3.15. The SMILES string of the molecule is CN(C)c1cc(N(C)C2CCN(c3ccc(C#N)cc3C(F)(F)F)C2)ncn1. The number of nitriles is 1. The van der Waals surface area contributed by atoms with Crippen LogP contribution < -0.4 is 14.7 Å². The average Bonchev–Trinajstić information content (AvgIpc) is 3.16. The lowest BCUT2D eigenvalue weighted by atomic mass is 10.1. The molecule has 1 aliphatic heterocycles. The first-order valence-corrected chi connectivity index (χ1v) is 8.79. The van der Waals surface area contributed by atoms with Gasteiger partial charge in [-0.15, -0.1) is 0 Å². The summed E-state index contributed by atoms with van der Waals surface area (Å²) in [6.45, 7) is 0.933. The van der Waals surface area contributed by atoms with Gasteiger partial charge in [-0.25, -0.2) is 9.97 Å². The van der Waals surface area contributed by atoms with Gasteiger partial charge in [-0.05, 0) is 24.6 Å². The van der Waals surface area contributed by atoms with Crippen LogP contribution in [0.1, 0.15) is 17.5 Å². The maximum Gasteiger partial charge on any atom is 0.418 e. The van der Waals surface area contributed by atoms with Gasteiger partial charge >= 0.3 is 6.18 Å². The Morgan fingerprint density at radius 3 is 2.50 bits per heavy atom. The summed E-state index contributed by atoms with van der Waals surface area (Å²) in [7, 11) is 5.65. The largest absolute Gasteiger partial charge is 0.418 e. The number of halogens is 3. The van der Waals surface area contributed by atoms with E-state index in [2.05, 4.69) is 9.97 Å². The summed E-state index contributed by atoms with van der Waals surface area (Å²) in [5.41, 5.74) is -0.660. The summed E-state index contributed by atoms with van der Waals surface area (Å²) < 4.78 is 40.5. The van der Waals surface area contributed by atoms with E-state index in [0.29, 0.717) is 19.5 Å². The molecule has 1 fully saturated rings. The van der Waals surface area contributed by atoms with Crippen molar-refractivity contribution in [3.63, 3.8) is 0 Å². The van der Waals surface area contributed by atoms with Gasteiger partial charge in [-0.1, -0.05) is 0 Å². The van der Waals surface area contributed by atoms with Gasteiger partial charge in [0, 0.05) is 52.0 Å². The first kappa shape index (κ1) is 19.7. The molecule has 1 atom stereocenters. The van der Waals surface area contributed by atoms with Gasteiger partial charge in [0.2, 0.25) is 0 Å². The molecule has 2 aromatic rings. The van der Waals surface area contributed by atoms with Gasteiger partial charge in [-0.3, -0.25) is 0 Å². The van der Waals surface area contributed by atoms with E-state index < -0.39 is 11.7 Å². The fraction of sp³-hybridized carbons (Fsp3) is 0.421. The lowest BCUT2D eigenvalue weighted by molar-refractivity contribution is -0.137. The van der Waals surface area contributed by atoms with E-state index in [-0.39, 0.29) is 17.3 Å². The number of alkyl halides is 3. The Morgan fingerprint density at radius 1 is 1.14 bits per heavy atom. The Bertz CT molecular complexity index is 890. The fourth-order valence-corrected chi connectivity index (χ4v) is 3.35. The topological polar surface area (TPSA) is 59.3 Å². The third-order valence-corrected chi connectivity index (χ3v) is 4.94. The number of likely N-dealkylation sites (N-methyl/N-ethyl adjacent to an activating group) is 1. The molecule has 28 heavy (non-hydrogen) atoms. The molecule has 0 radical (unpaired) electrons. The van der Waals surface area contributed by atoms with E-state index in [1.54, 1.807) is 11.0 Å². The standard InChI is InChI=1S/C19H21F3N6/c1-26(2)17-9-18(25-12-24-17)27(3)14-6-7-28(11-14)16-5-4-13(10-23)8-15(16)19(20,21)22/h4-5,8-9,12,14H,6-7,11H2,1-3H3. The summed E-state index contributed by atoms with van der Waals surface area (Å²) in [6, 6.07) is 7.37. The minimum atomic E-state index is -4.51. The maximum atomic E-state index is 13.5. The molecule has 0 N–H and O–H groups in total. The molecule has 1 saturated heterocycles. The van der Waals surface area contributed by atoms with E-state index in [9.17, 15) is 13.2 Å². The van der Waals surface area contributed by atoms with Crippen LogP contribution >= 0.6 is 0 Å². The number of nitrogens with zero attached hydrogens (tertiary/aromatic N) is 6. The smallest absolute Gasteiger partial charge is 0.369 e. The summed E-state index contributed by atoms with van der Waals surface area (Å²) in [4.78, 5) is 14.1. The van der Waals surface area contributed by atoms with E-state index in [1.807, 2.05) is 37.0 Å². The molecule has 3 rings (SSSR count). The van der Waals surface area contributed by atoms with Crippen molar-refractivity contribution in [1.82, 2.24) is 9.97 Å². The molecule has 9 heteroatoms. The number of rotatable bonds is 4. The Labute approximate surface area is 161 Å². The van der Waals surface area contributed by atoms with Crippen LogP contribution in [0.5, 0.6) is 0 Å². The summed E-state index contributed by atoms with van der Waals surface area (Å²) >= 11 is 0. The zero-order valence-electron chi connectivity index (χ0n) is 15.9. The van der Waals surface area contributed by atoms with Crippen molar-refractivity contribution >= 4 is 17.3 Å². The van der Waals surface area contributed by atoms with Gasteiger partial charge in [0.25, 0.3) is 0 Å². The number of hydrogen-bond acceptors (Lipinski definition) is 6. The molecular weight excluding hydrogens is 369 g/mol. The number of benzene rings is 1. The van der Waals surface area contributed by atoms with E-state index in [4.69, 9.17) is 5.26 Å². The summed E-state index contributed by atoms with van der Waals surface area (Å²) in [5.74, 6) is 1.49. The highest BCUT2D eigenvalue weighted by Crippen LogP contribution is 2.38. The molecule has 0 aliphatic carbocycles. The van der Waals surface area contributed by atoms with Crippen molar-refractivity contribution in [2.24, 2.45) is 0 Å². The molecule has 2 heterocycles. The van der Waals surface area contributed by atoms with Gasteiger partial charge in [0.05, 0.1) is 17.2 Å². The predicted molar refractivity (Wildman–Crippen MR) is 102 cm³/mol. The Kier molecular flexibility index (Phi) is 5.31. The normalized spacial score (nSPS) is 16.8. The van der Waals surface area contributed by atoms with Gasteiger partial charge < -0.3 is 14.7 Å². The molecule has 0 bridgehead atoms. The highest BCUT2D eigenvalue weighted by atomic mass is 19.4. The minimum Gasteiger partial charge on any atom is -0.369 e. The van der Waals surface area contributed by atoms with E-state index in [1.165, 1.54) is 18.5 Å². The molecule has 0 spiro atoms. The van der Waals surface area contributed by atoms with Crippen molar-refractivity contribution < 1.29 is 13.2 Å². The zero-order valence-corrected chi connectivity index (χ0v) is 15.9. The van der Waals surface area contributed by atoms with Crippen LogP contribution in [-0.2, 0) is 6.18 Å². The summed E-state index contributed by atoms with van der Waals surface area (Å²) in [6.07, 6.45) is -2.33. The second-order valence-electron chi connectivity index (χ2n) is 6.97. The van der Waals surface area contributed by atoms with Gasteiger partial charge in [0.15, 0.2) is 0 Å². The fourth-order valence-electron chi connectivity index (χ4n) is 3.35. The van der Waals surface area contributed by atoms with Crippen molar-refractivity contribution in [3.8, 4) is 6.07 Å². The highest BCUT2D eigenvalue weighted by molar-refractivity contribution is 5.59. The molecule has 1 aromatic carbocycles. The van der Waals surface area contributed by atoms with Crippen LogP contribution in [0.3, 0.4) is 0 Å². The van der Waals surface area contributed by atoms with E-state index in [0.717, 1.165) is 17.7 Å². The van der Waals surface area contributed by atoms with Crippen LogP contribution in [0.2, 0.25) is 0 Å². The summed E-state index contributed by atoms with van der Waals surface area (Å²) in [5, 5.41) is 8.93. The second kappa shape index (κ2) is 7.54. The molecular formula is C19H21F3N6. The lowest BCUT2D eigenvalue weighted by Gasteiger charge is -2.28. The quantitative estimate of drug-likeness (QED) is 0.799. The van der Waals surface area contributed by atoms with Crippen LogP contribution in [0, 0.1) is 11.3 Å². The van der Waals surface area contributed by atoms with Gasteiger partial charge in [0.1, 0.15) is 18.0 Å². The first-order valence-electron chi connectivity index (χ1n) is 8.79. The molecule has 1 aromatic heterocycles. The third-order valence-electron chi connectivity index (χ3n) is 4.94. The van der Waals surface area contributed by atoms with Crippen LogP contribution in [0.4, 0.5) is 30.5 Å². The first-order chi connectivity index (χ1) is 13.2. The Hall–Kier alpha value is -3.02. The van der Waals surface area contributed by atoms with Crippen molar-refractivity contribution in [1.29, 1.82) is 5.26 Å². The molecule has 148 valence electrons. The molecule has 0 saturated carbocycles. The molecule has 6 nitrogen and oxygen atoms in total. The molecule has 0 amide bonds. The van der Waals surface area contributed by atoms with Crippen LogP contribution in [-0.4, -0.2) is 50.2 Å². The number of hydrogen-bond donors (Lipinski definition) is 0. The number of anilines is 3. The van der Waals surface area contributed by atoms with Crippen LogP contribution in [0.25, 0.3) is 0 Å². The second-order valence-corrected chi connectivity index (χ2v) is 6.97. The van der Waals surface area contributed by atoms with Crippen molar-refractivity contribution in [2.45, 2.75) is 18.6 Å². The van der Waals surface area contributed by atoms with Crippen LogP contribution in [0.15, 0.2) is 30.6 Å². The monoisotopic (exact) mass is 390 g/mol. The minimum absolute atomic E-state index is 0.00106. The highest BCUT2D eigenvalue weighted by Gasteiger charge is 2.37. The molecule has 1 unspecified atom stereocenters. The zero-order chi connectivity index (χ0) is 20.5. The third kappa shape index (κ3) is 3.96. The van der Waals surface area contributed by atoms with Crippen molar-refractivity contribution in [3.05, 3.63) is 41.7 Å². The van der Waals surface area contributed by atoms with E-state index >= 15 is 0 Å². The molecule has 1 aliphatic rings. The maximum absolute atomic E-state index is 13.5. The average molecular weight is 390 g/mol. The van der Waals surface area contributed by atoms with Gasteiger partial charge in [-0.2, -0.15) is 18.4 Å². The number of aromatic nitrogens is 2. The van der Waals surface area contributed by atoms with Crippen molar-refractivity contribution in [2.75, 3.05) is 48.9 Å². The Balaban J connectivity index is 1.83. The lowest BCUT2D eigenvalue weighted by Crippen LogP contribution is -2.35.